The third-order valence-corrected chi connectivity index (χ3v) is 6.24. The normalized spacial score (nSPS) is 21.6. The Morgan fingerprint density at radius 1 is 1.46 bits per heavy atom. The Bertz CT molecular complexity index is 718. The first-order valence-corrected chi connectivity index (χ1v) is 9.81. The fraction of sp³-hybridized carbons (Fsp3) is 0.526. The van der Waals surface area contributed by atoms with Crippen LogP contribution in [0.15, 0.2) is 24.3 Å². The van der Waals surface area contributed by atoms with Crippen molar-refractivity contribution < 1.29 is 14.3 Å². The molecule has 0 aromatic heterocycles. The van der Waals surface area contributed by atoms with Crippen molar-refractivity contribution >= 4 is 34.4 Å². The Kier molecular flexibility index (Phi) is 6.87. The van der Waals surface area contributed by atoms with Gasteiger partial charge in [-0.05, 0) is 53.5 Å². The maximum atomic E-state index is 13.2. The molecule has 1 aliphatic heterocycles. The molecular formula is C19H24IN3O3. The van der Waals surface area contributed by atoms with Gasteiger partial charge in [0.05, 0.1) is 12.7 Å². The quantitative estimate of drug-likeness (QED) is 0.395. The van der Waals surface area contributed by atoms with Crippen molar-refractivity contribution in [2.75, 3.05) is 13.7 Å². The first kappa shape index (κ1) is 20.5. The van der Waals surface area contributed by atoms with E-state index < -0.39 is 9.59 Å². The van der Waals surface area contributed by atoms with Crippen molar-refractivity contribution in [1.82, 2.24) is 10.2 Å². The average Bonchev–Trinajstić information content (AvgIpc) is 3.06. The molecule has 1 fully saturated rings. The molecule has 6 nitrogen and oxygen atoms in total. The van der Waals surface area contributed by atoms with E-state index in [1.807, 2.05) is 36.4 Å². The number of hydrogen-bond acceptors (Lipinski definition) is 4. The van der Waals surface area contributed by atoms with Crippen LogP contribution < -0.4 is 10.1 Å². The van der Waals surface area contributed by atoms with E-state index in [-0.39, 0.29) is 17.7 Å². The smallest absolute Gasteiger partial charge is 0.255 e. The van der Waals surface area contributed by atoms with Crippen molar-refractivity contribution in [1.29, 1.82) is 5.26 Å². The highest BCUT2D eigenvalue weighted by Gasteiger charge is 2.45. The molecule has 7 heteroatoms. The van der Waals surface area contributed by atoms with Crippen LogP contribution in [0.2, 0.25) is 0 Å². The number of amides is 2. The van der Waals surface area contributed by atoms with Gasteiger partial charge in [-0.1, -0.05) is 32.4 Å². The van der Waals surface area contributed by atoms with Gasteiger partial charge >= 0.3 is 0 Å². The molecule has 0 spiro atoms. The van der Waals surface area contributed by atoms with E-state index in [1.165, 1.54) is 7.11 Å². The van der Waals surface area contributed by atoms with E-state index in [9.17, 15) is 14.9 Å². The van der Waals surface area contributed by atoms with Gasteiger partial charge in [-0.25, -0.2) is 0 Å². The summed E-state index contributed by atoms with van der Waals surface area (Å²) in [5, 5.41) is 12.4. The van der Waals surface area contributed by atoms with Gasteiger partial charge in [0, 0.05) is 6.54 Å². The van der Waals surface area contributed by atoms with Gasteiger partial charge in [-0.15, -0.1) is 0 Å². The molecule has 2 amide bonds. The molecule has 0 radical (unpaired) electrons. The zero-order valence-corrected chi connectivity index (χ0v) is 17.4. The topological polar surface area (TPSA) is 82.4 Å². The summed E-state index contributed by atoms with van der Waals surface area (Å²) in [7, 11) is 1.50. The highest BCUT2D eigenvalue weighted by molar-refractivity contribution is 14.1. The predicted molar refractivity (Wildman–Crippen MR) is 107 cm³/mol. The number of nitrogens with zero attached hydrogens (tertiary/aromatic N) is 2. The number of rotatable bonds is 6. The van der Waals surface area contributed by atoms with Crippen LogP contribution in [-0.4, -0.2) is 40.0 Å². The van der Waals surface area contributed by atoms with E-state index >= 15 is 0 Å². The monoisotopic (exact) mass is 469 g/mol. The molecule has 140 valence electrons. The van der Waals surface area contributed by atoms with Gasteiger partial charge in [0.15, 0.2) is 3.55 Å². The number of benzene rings is 1. The molecule has 0 bridgehead atoms. The molecule has 1 aliphatic rings. The van der Waals surface area contributed by atoms with Gasteiger partial charge in [0.25, 0.3) is 5.91 Å². The van der Waals surface area contributed by atoms with Crippen LogP contribution in [0, 0.1) is 17.2 Å². The molecular weight excluding hydrogens is 445 g/mol. The summed E-state index contributed by atoms with van der Waals surface area (Å²) >= 11 is 2.04. The number of nitriles is 1. The lowest BCUT2D eigenvalue weighted by molar-refractivity contribution is -0.134. The summed E-state index contributed by atoms with van der Waals surface area (Å²) in [6, 6.07) is 8.48. The molecule has 1 unspecified atom stereocenters. The standard InChI is InChI=1S/C19H24IN3O3/c1-4-13(2)16(18(25)23-11-7-10-19(23,20)12-21)22-17(24)14-8-5-6-9-15(14)26-3/h5-6,8-9,13,16H,4,7,10-11H2,1-3H3,(H,22,24)/t13?,16-,19+/m0/s1. The Morgan fingerprint density at radius 2 is 2.15 bits per heavy atom. The number of alkyl halides is 1. The van der Waals surface area contributed by atoms with Gasteiger partial charge < -0.3 is 15.0 Å². The van der Waals surface area contributed by atoms with E-state index in [0.717, 1.165) is 12.8 Å². The molecule has 26 heavy (non-hydrogen) atoms. The highest BCUT2D eigenvalue weighted by atomic mass is 127. The fourth-order valence-corrected chi connectivity index (χ4v) is 3.95. The summed E-state index contributed by atoms with van der Waals surface area (Å²) in [6.07, 6.45) is 2.16. The minimum atomic E-state index is -0.838. The zero-order chi connectivity index (χ0) is 19.3. The van der Waals surface area contributed by atoms with E-state index in [4.69, 9.17) is 4.74 Å². The summed E-state index contributed by atoms with van der Waals surface area (Å²) in [6.45, 7) is 4.45. The molecule has 1 saturated heterocycles. The van der Waals surface area contributed by atoms with Crippen LogP contribution in [0.25, 0.3) is 0 Å². The van der Waals surface area contributed by atoms with E-state index in [2.05, 4.69) is 11.4 Å². The molecule has 3 atom stereocenters. The van der Waals surface area contributed by atoms with Crippen LogP contribution in [-0.2, 0) is 4.79 Å². The second-order valence-electron chi connectivity index (χ2n) is 6.50. The van der Waals surface area contributed by atoms with Crippen molar-refractivity contribution in [2.45, 2.75) is 42.7 Å². The Hall–Kier alpha value is -1.82. The van der Waals surface area contributed by atoms with Crippen molar-refractivity contribution in [3.05, 3.63) is 29.8 Å². The molecule has 1 heterocycles. The third-order valence-electron chi connectivity index (χ3n) is 4.87. The van der Waals surface area contributed by atoms with Crippen molar-refractivity contribution in [3.63, 3.8) is 0 Å². The summed E-state index contributed by atoms with van der Waals surface area (Å²) in [4.78, 5) is 27.5. The molecule has 2 rings (SSSR count). The number of carbonyl (C=O) groups excluding carboxylic acids is 2. The number of para-hydroxylation sites is 1. The van der Waals surface area contributed by atoms with Crippen LogP contribution in [0.3, 0.4) is 0 Å². The number of likely N-dealkylation sites (tertiary alicyclic amines) is 1. The molecule has 1 aromatic rings. The Morgan fingerprint density at radius 3 is 2.77 bits per heavy atom. The number of ether oxygens (including phenoxy) is 1. The molecule has 1 aromatic carbocycles. The van der Waals surface area contributed by atoms with Crippen molar-refractivity contribution in [3.8, 4) is 11.8 Å². The maximum absolute atomic E-state index is 13.2. The number of carbonyl (C=O) groups is 2. The lowest BCUT2D eigenvalue weighted by atomic mass is 9.97. The Balaban J connectivity index is 2.27. The summed E-state index contributed by atoms with van der Waals surface area (Å²) in [5.74, 6) is -0.143. The van der Waals surface area contributed by atoms with E-state index in [0.29, 0.717) is 24.3 Å². The SMILES string of the molecule is CCC(C)[C@H](NC(=O)c1ccccc1OC)C(=O)N1CCC[C@]1(I)C#N. The zero-order valence-electron chi connectivity index (χ0n) is 15.3. The van der Waals surface area contributed by atoms with Crippen LogP contribution in [0.1, 0.15) is 43.5 Å². The molecule has 1 N–H and O–H groups in total. The molecule has 0 saturated carbocycles. The van der Waals surface area contributed by atoms with Crippen molar-refractivity contribution in [2.24, 2.45) is 5.92 Å². The van der Waals surface area contributed by atoms with Crippen LogP contribution >= 0.6 is 22.6 Å². The minimum absolute atomic E-state index is 0.0545. The van der Waals surface area contributed by atoms with E-state index in [1.54, 1.807) is 29.2 Å². The first-order valence-electron chi connectivity index (χ1n) is 8.73. The number of methoxy groups -OCH3 is 1. The predicted octanol–water partition coefficient (Wildman–Crippen LogP) is 3.12. The maximum Gasteiger partial charge on any atom is 0.255 e. The lowest BCUT2D eigenvalue weighted by Gasteiger charge is -2.33. The van der Waals surface area contributed by atoms with Gasteiger partial charge in [0.2, 0.25) is 5.91 Å². The lowest BCUT2D eigenvalue weighted by Crippen LogP contribution is -2.55. The average molecular weight is 469 g/mol. The molecule has 0 aliphatic carbocycles. The van der Waals surface area contributed by atoms with Gasteiger partial charge in [-0.2, -0.15) is 5.26 Å². The number of hydrogen-bond donors (Lipinski definition) is 1. The second-order valence-corrected chi connectivity index (χ2v) is 8.29. The third kappa shape index (κ3) is 4.11. The fourth-order valence-electron chi connectivity index (χ4n) is 3.09. The highest BCUT2D eigenvalue weighted by Crippen LogP contribution is 2.36. The second kappa shape index (κ2) is 8.71. The minimum Gasteiger partial charge on any atom is -0.496 e. The first-order chi connectivity index (χ1) is 12.4. The van der Waals surface area contributed by atoms with Crippen LogP contribution in [0.4, 0.5) is 0 Å². The summed E-state index contributed by atoms with van der Waals surface area (Å²) < 4.78 is 4.41. The Labute approximate surface area is 168 Å². The van der Waals surface area contributed by atoms with Crippen LogP contribution in [0.5, 0.6) is 5.75 Å². The summed E-state index contributed by atoms with van der Waals surface area (Å²) in [5.41, 5.74) is 0.388. The van der Waals surface area contributed by atoms with Gasteiger partial charge in [-0.3, -0.25) is 9.59 Å². The number of halogens is 1. The number of nitrogens with one attached hydrogen (secondary N) is 1. The van der Waals surface area contributed by atoms with Gasteiger partial charge in [0.1, 0.15) is 17.9 Å². The largest absolute Gasteiger partial charge is 0.496 e.